The third-order valence-electron chi connectivity index (χ3n) is 6.99. The lowest BCUT2D eigenvalue weighted by Crippen LogP contribution is -2.49. The van der Waals surface area contributed by atoms with Crippen LogP contribution in [0, 0.1) is 12.8 Å². The van der Waals surface area contributed by atoms with Crippen molar-refractivity contribution in [2.24, 2.45) is 5.92 Å². The largest absolute Gasteiger partial charge is 0.348 e. The molecule has 2 atom stereocenters. The van der Waals surface area contributed by atoms with Crippen LogP contribution in [0.5, 0.6) is 0 Å². The molecule has 1 saturated carbocycles. The fraction of sp³-hybridized carbons (Fsp3) is 0.565. The highest BCUT2D eigenvalue weighted by molar-refractivity contribution is 5.38. The first-order valence-corrected chi connectivity index (χ1v) is 10.3. The van der Waals surface area contributed by atoms with Gasteiger partial charge in [0.1, 0.15) is 0 Å². The smallest absolute Gasteiger partial charge is 0.168 e. The van der Waals surface area contributed by atoms with Gasteiger partial charge in [0.15, 0.2) is 5.79 Å². The van der Waals surface area contributed by atoms with Crippen molar-refractivity contribution in [1.82, 2.24) is 9.97 Å². The van der Waals surface area contributed by atoms with Gasteiger partial charge in [-0.2, -0.15) is 0 Å². The van der Waals surface area contributed by atoms with Gasteiger partial charge in [0.25, 0.3) is 0 Å². The molecule has 1 aliphatic heterocycles. The Balaban J connectivity index is 1.60. The van der Waals surface area contributed by atoms with Crippen LogP contribution >= 0.6 is 0 Å². The van der Waals surface area contributed by atoms with Gasteiger partial charge in [-0.15, -0.1) is 0 Å². The Labute approximate surface area is 161 Å². The maximum Gasteiger partial charge on any atom is 0.168 e. The zero-order chi connectivity index (χ0) is 18.3. The fourth-order valence-electron chi connectivity index (χ4n) is 5.75. The highest BCUT2D eigenvalue weighted by atomic mass is 16.7. The lowest BCUT2D eigenvalue weighted by Gasteiger charge is -2.49. The minimum atomic E-state index is -0.346. The van der Waals surface area contributed by atoms with Crippen LogP contribution in [-0.4, -0.2) is 29.0 Å². The molecule has 0 amide bonds. The van der Waals surface area contributed by atoms with Crippen LogP contribution < -0.4 is 0 Å². The van der Waals surface area contributed by atoms with E-state index in [1.54, 1.807) is 0 Å². The summed E-state index contributed by atoms with van der Waals surface area (Å²) in [6.07, 6.45) is 11.7. The van der Waals surface area contributed by atoms with Gasteiger partial charge in [0.2, 0.25) is 0 Å². The Morgan fingerprint density at radius 2 is 2.04 bits per heavy atom. The second kappa shape index (κ2) is 6.68. The van der Waals surface area contributed by atoms with Crippen molar-refractivity contribution >= 4 is 0 Å². The molecule has 0 N–H and O–H groups in total. The zero-order valence-corrected chi connectivity index (χ0v) is 16.1. The first-order chi connectivity index (χ1) is 13.2. The molecule has 0 radical (unpaired) electrons. The molecular formula is C23H28N2O2. The van der Waals surface area contributed by atoms with Crippen molar-refractivity contribution in [3.8, 4) is 0 Å². The molecule has 0 bridgehead atoms. The van der Waals surface area contributed by atoms with Crippen molar-refractivity contribution in [2.75, 3.05) is 13.2 Å². The topological polar surface area (TPSA) is 44.2 Å². The van der Waals surface area contributed by atoms with E-state index in [9.17, 15) is 0 Å². The predicted octanol–water partition coefficient (Wildman–Crippen LogP) is 4.15. The van der Waals surface area contributed by atoms with Gasteiger partial charge < -0.3 is 9.47 Å². The summed E-state index contributed by atoms with van der Waals surface area (Å²) < 4.78 is 12.2. The van der Waals surface area contributed by atoms with E-state index in [-0.39, 0.29) is 11.2 Å². The van der Waals surface area contributed by atoms with Gasteiger partial charge >= 0.3 is 0 Å². The Kier molecular flexibility index (Phi) is 4.29. The number of ether oxygens (including phenoxy) is 2. The van der Waals surface area contributed by atoms with Crippen molar-refractivity contribution in [3.63, 3.8) is 0 Å². The molecule has 3 heterocycles. The fourth-order valence-corrected chi connectivity index (χ4v) is 5.75. The van der Waals surface area contributed by atoms with Gasteiger partial charge in [0.05, 0.1) is 13.2 Å². The highest BCUT2D eigenvalue weighted by Crippen LogP contribution is 2.54. The van der Waals surface area contributed by atoms with Crippen LogP contribution in [0.2, 0.25) is 0 Å². The molecule has 1 spiro atoms. The normalized spacial score (nSPS) is 29.1. The lowest BCUT2D eigenvalue weighted by atomic mass is 9.58. The van der Waals surface area contributed by atoms with E-state index < -0.39 is 0 Å². The summed E-state index contributed by atoms with van der Waals surface area (Å²) in [5.74, 6) is 0.193. The minimum Gasteiger partial charge on any atom is -0.348 e. The summed E-state index contributed by atoms with van der Waals surface area (Å²) in [6, 6.07) is 8.59. The van der Waals surface area contributed by atoms with E-state index in [2.05, 4.69) is 36.3 Å². The monoisotopic (exact) mass is 364 g/mol. The summed E-state index contributed by atoms with van der Waals surface area (Å²) in [4.78, 5) is 9.40. The van der Waals surface area contributed by atoms with Crippen LogP contribution in [-0.2, 0) is 27.7 Å². The second-order valence-electron chi connectivity index (χ2n) is 8.54. The van der Waals surface area contributed by atoms with E-state index in [1.807, 2.05) is 12.3 Å². The predicted molar refractivity (Wildman–Crippen MR) is 104 cm³/mol. The lowest BCUT2D eigenvalue weighted by molar-refractivity contribution is -0.199. The average Bonchev–Trinajstić information content (AvgIpc) is 3.07. The second-order valence-corrected chi connectivity index (χ2v) is 8.54. The van der Waals surface area contributed by atoms with Crippen LogP contribution in [0.15, 0.2) is 36.7 Å². The number of aromatic nitrogens is 2. The summed E-state index contributed by atoms with van der Waals surface area (Å²) in [5, 5.41) is 0. The Bertz CT molecular complexity index is 816. The first kappa shape index (κ1) is 17.3. The number of hydrogen-bond acceptors (Lipinski definition) is 4. The van der Waals surface area contributed by atoms with Crippen LogP contribution in [0.1, 0.15) is 54.6 Å². The van der Waals surface area contributed by atoms with E-state index in [0.717, 1.165) is 51.0 Å². The van der Waals surface area contributed by atoms with E-state index in [1.165, 1.54) is 29.7 Å². The van der Waals surface area contributed by atoms with Crippen molar-refractivity contribution in [3.05, 3.63) is 59.2 Å². The molecule has 142 valence electrons. The SMILES string of the molecule is Cc1cc2c(cn1)[C@]1(Cc3ccccn3)CCC3(C[C@H]1CCC2)OCCO3. The molecule has 2 aliphatic carbocycles. The van der Waals surface area contributed by atoms with Gasteiger partial charge in [-0.1, -0.05) is 6.07 Å². The molecule has 5 rings (SSSR count). The number of hydrogen-bond donors (Lipinski definition) is 0. The van der Waals surface area contributed by atoms with Crippen LogP contribution in [0.25, 0.3) is 0 Å². The molecule has 0 aromatic carbocycles. The number of rotatable bonds is 2. The van der Waals surface area contributed by atoms with E-state index >= 15 is 0 Å². The molecular weight excluding hydrogens is 336 g/mol. The van der Waals surface area contributed by atoms with Crippen molar-refractivity contribution in [2.45, 2.75) is 63.1 Å². The molecule has 1 saturated heterocycles. The average molecular weight is 364 g/mol. The summed E-state index contributed by atoms with van der Waals surface area (Å²) in [5.41, 5.74) is 5.33. The van der Waals surface area contributed by atoms with E-state index in [4.69, 9.17) is 14.5 Å². The van der Waals surface area contributed by atoms with Gasteiger partial charge in [-0.3, -0.25) is 9.97 Å². The minimum absolute atomic E-state index is 0.0848. The number of fused-ring (bicyclic) bond motifs is 3. The Morgan fingerprint density at radius 3 is 2.85 bits per heavy atom. The maximum absolute atomic E-state index is 6.12. The Morgan fingerprint density at radius 1 is 1.15 bits per heavy atom. The number of aryl methyl sites for hydroxylation is 2. The van der Waals surface area contributed by atoms with Crippen molar-refractivity contribution in [1.29, 1.82) is 0 Å². The third kappa shape index (κ3) is 2.99. The van der Waals surface area contributed by atoms with Crippen LogP contribution in [0.3, 0.4) is 0 Å². The molecule has 0 unspecified atom stereocenters. The van der Waals surface area contributed by atoms with Gasteiger partial charge in [-0.25, -0.2) is 0 Å². The molecule has 4 heteroatoms. The molecule has 27 heavy (non-hydrogen) atoms. The first-order valence-electron chi connectivity index (χ1n) is 10.3. The zero-order valence-electron chi connectivity index (χ0n) is 16.1. The van der Waals surface area contributed by atoms with Gasteiger partial charge in [0, 0.05) is 42.0 Å². The molecule has 4 nitrogen and oxygen atoms in total. The summed E-state index contributed by atoms with van der Waals surface area (Å²) >= 11 is 0. The third-order valence-corrected chi connectivity index (χ3v) is 6.99. The Hall–Kier alpha value is -1.78. The van der Waals surface area contributed by atoms with Crippen molar-refractivity contribution < 1.29 is 9.47 Å². The molecule has 2 aromatic heterocycles. The maximum atomic E-state index is 6.12. The molecule has 3 aliphatic rings. The quantitative estimate of drug-likeness (QED) is 0.803. The van der Waals surface area contributed by atoms with Crippen LogP contribution in [0.4, 0.5) is 0 Å². The summed E-state index contributed by atoms with van der Waals surface area (Å²) in [7, 11) is 0. The van der Waals surface area contributed by atoms with E-state index in [0.29, 0.717) is 5.92 Å². The number of nitrogens with zero attached hydrogens (tertiary/aromatic N) is 2. The molecule has 2 aromatic rings. The highest BCUT2D eigenvalue weighted by Gasteiger charge is 2.53. The van der Waals surface area contributed by atoms with Gasteiger partial charge in [-0.05, 0) is 74.3 Å². The molecule has 2 fully saturated rings. The summed E-state index contributed by atoms with van der Waals surface area (Å²) in [6.45, 7) is 3.57. The standard InChI is InChI=1S/C23H28N2O2/c1-17-13-18-5-4-6-19-14-23(26-11-12-27-23)9-8-22(19,21(18)16-25-17)15-20-7-2-3-10-24-20/h2-3,7,10,13,16,19H,4-6,8-9,11-12,14-15H2,1H3/t19-,22+/m1/s1. The number of pyridine rings is 2.